The van der Waals surface area contributed by atoms with Crippen LogP contribution in [0, 0.1) is 0 Å². The van der Waals surface area contributed by atoms with E-state index in [0.717, 1.165) is 13.0 Å². The Morgan fingerprint density at radius 2 is 1.55 bits per heavy atom. The fourth-order valence-electron chi connectivity index (χ4n) is 7.88. The van der Waals surface area contributed by atoms with E-state index < -0.39 is 115 Å². The second kappa shape index (κ2) is 34.8. The van der Waals surface area contributed by atoms with Gasteiger partial charge in [-0.05, 0) is 104 Å². The van der Waals surface area contributed by atoms with Gasteiger partial charge in [0.15, 0.2) is 11.7 Å². The van der Waals surface area contributed by atoms with Crippen molar-refractivity contribution in [2.24, 2.45) is 39.4 Å². The number of hydrogen-bond acceptors (Lipinski definition) is 17. The van der Waals surface area contributed by atoms with Crippen LogP contribution in [0.3, 0.4) is 0 Å². The standard InChI is InChI=1S/C46H81N17O11/c1-27(58-43(71)38(36(65)23-49)62-40(68)30(50)11-4-6-19-53-2)39(67)56-25-37(66)59-32(13-7-18-48)44(72)63-21-9-14-34(63)42(70)61-33(22-29-24-54-26-57-29)41(69)60-31(12-3-5-17-47)35(64)16-15-28(45(73)74)10-8-20-55-46(51)52/h10,24,26-27,30-34,36,38,53,65H,3-9,11-23,25,47-50H2,1-2H3,(H,54,57)(H,56,67)(H,58,71)(H,59,66)(H,60,69)(H,61,70)(H,62,68)(H,73,74)(H4,51,52,55)/b28-10+/t27-,30-,31-,32+,33-,34-,36-,38-/m0/s1. The lowest BCUT2D eigenvalue weighted by Crippen LogP contribution is -2.60. The van der Waals surface area contributed by atoms with Gasteiger partial charge in [0.2, 0.25) is 41.4 Å². The van der Waals surface area contributed by atoms with Crippen molar-refractivity contribution >= 4 is 59.1 Å². The van der Waals surface area contributed by atoms with E-state index in [4.69, 9.17) is 34.4 Å². The topological polar surface area (TPSA) is 479 Å². The third kappa shape index (κ3) is 23.1. The predicted octanol–water partition coefficient (Wildman–Crippen LogP) is -5.57. The summed E-state index contributed by atoms with van der Waals surface area (Å²) in [7, 11) is 1.79. The molecule has 0 spiro atoms. The average molecular weight is 1050 g/mol. The van der Waals surface area contributed by atoms with Crippen LogP contribution in [-0.2, 0) is 49.6 Å². The van der Waals surface area contributed by atoms with Crippen LogP contribution >= 0.6 is 0 Å². The number of carboxylic acids is 1. The van der Waals surface area contributed by atoms with Crippen LogP contribution in [0.5, 0.6) is 0 Å². The molecule has 0 bridgehead atoms. The van der Waals surface area contributed by atoms with Gasteiger partial charge in [0, 0.05) is 49.9 Å². The summed E-state index contributed by atoms with van der Waals surface area (Å²) >= 11 is 0. The lowest BCUT2D eigenvalue weighted by molar-refractivity contribution is -0.142. The van der Waals surface area contributed by atoms with Crippen LogP contribution in [0.15, 0.2) is 29.2 Å². The lowest BCUT2D eigenvalue weighted by atomic mass is 9.98. The third-order valence-corrected chi connectivity index (χ3v) is 12.1. The summed E-state index contributed by atoms with van der Waals surface area (Å²) in [6, 6.07) is -8.41. The fraction of sp³-hybridized carbons (Fsp3) is 0.674. The van der Waals surface area contributed by atoms with Crippen molar-refractivity contribution in [2.45, 2.75) is 145 Å². The number of aromatic amines is 1. The molecular weight excluding hydrogens is 967 g/mol. The zero-order valence-corrected chi connectivity index (χ0v) is 42.6. The van der Waals surface area contributed by atoms with Crippen molar-refractivity contribution in [1.82, 2.24) is 52.1 Å². The summed E-state index contributed by atoms with van der Waals surface area (Å²) < 4.78 is 0. The molecule has 1 fully saturated rings. The molecule has 0 unspecified atom stereocenters. The highest BCUT2D eigenvalue weighted by molar-refractivity contribution is 5.98. The number of H-pyrrole nitrogens is 1. The molecule has 2 heterocycles. The quantitative estimate of drug-likeness (QED) is 0.0128. The van der Waals surface area contributed by atoms with Crippen molar-refractivity contribution in [1.29, 1.82) is 0 Å². The number of carbonyl (C=O) groups excluding carboxylic acids is 8. The molecule has 0 saturated carbocycles. The number of aliphatic imine (C=N–C) groups is 1. The summed E-state index contributed by atoms with van der Waals surface area (Å²) in [6.07, 6.45) is 6.31. The molecule has 0 aromatic carbocycles. The van der Waals surface area contributed by atoms with Crippen LogP contribution < -0.4 is 71.6 Å². The van der Waals surface area contributed by atoms with Gasteiger partial charge >= 0.3 is 5.97 Å². The summed E-state index contributed by atoms with van der Waals surface area (Å²) in [5.41, 5.74) is 34.2. The molecular formula is C46H81N17O11. The summed E-state index contributed by atoms with van der Waals surface area (Å²) in [5.74, 6) is -7.09. The first-order chi connectivity index (χ1) is 35.3. The van der Waals surface area contributed by atoms with Crippen LogP contribution in [0.25, 0.3) is 0 Å². The van der Waals surface area contributed by atoms with E-state index in [2.05, 4.69) is 52.2 Å². The van der Waals surface area contributed by atoms with Gasteiger partial charge in [-0.15, -0.1) is 0 Å². The normalized spacial score (nSPS) is 16.3. The van der Waals surface area contributed by atoms with Gasteiger partial charge < -0.3 is 91.7 Å². The summed E-state index contributed by atoms with van der Waals surface area (Å²) in [6.45, 7) is 1.73. The number of ketones is 1. The number of carboxylic acid groups (broad SMARTS) is 1. The predicted molar refractivity (Wildman–Crippen MR) is 273 cm³/mol. The number of nitrogens with two attached hydrogens (primary N) is 6. The number of nitrogens with zero attached hydrogens (tertiary/aromatic N) is 3. The molecule has 8 atom stereocenters. The molecule has 28 nitrogen and oxygen atoms in total. The van der Waals surface area contributed by atoms with Gasteiger partial charge in [-0.3, -0.25) is 43.3 Å². The highest BCUT2D eigenvalue weighted by Crippen LogP contribution is 2.21. The molecule has 0 aliphatic carbocycles. The molecule has 1 aliphatic rings. The van der Waals surface area contributed by atoms with E-state index in [1.807, 2.05) is 0 Å². The molecule has 28 heteroatoms. The van der Waals surface area contributed by atoms with E-state index >= 15 is 0 Å². The number of amides is 7. The number of aliphatic hydroxyl groups is 1. The van der Waals surface area contributed by atoms with Crippen molar-refractivity contribution in [3.8, 4) is 0 Å². The Labute approximate surface area is 430 Å². The zero-order valence-electron chi connectivity index (χ0n) is 42.6. The second-order valence-corrected chi connectivity index (χ2v) is 18.0. The third-order valence-electron chi connectivity index (χ3n) is 12.1. The number of imidazole rings is 1. The number of Topliss-reactive ketones (excluding diaryl/α,β-unsaturated/α-hetero) is 1. The monoisotopic (exact) mass is 1050 g/mol. The summed E-state index contributed by atoms with van der Waals surface area (Å²) in [4.78, 5) is 132. The number of unbranched alkanes of at least 4 members (excludes halogenated alkanes) is 2. The second-order valence-electron chi connectivity index (χ2n) is 18.0. The van der Waals surface area contributed by atoms with E-state index in [0.29, 0.717) is 44.3 Å². The van der Waals surface area contributed by atoms with E-state index in [-0.39, 0.29) is 82.5 Å². The minimum atomic E-state index is -1.55. The maximum atomic E-state index is 14.2. The number of nitrogens with one attached hydrogen (secondary N) is 8. The van der Waals surface area contributed by atoms with Crippen LogP contribution in [0.2, 0.25) is 0 Å². The maximum absolute atomic E-state index is 14.2. The molecule has 7 amide bonds. The average Bonchev–Trinajstić information content (AvgIpc) is 4.09. The van der Waals surface area contributed by atoms with Gasteiger partial charge in [0.25, 0.3) is 0 Å². The molecule has 1 aromatic rings. The van der Waals surface area contributed by atoms with Crippen molar-refractivity contribution < 1.29 is 53.4 Å². The first-order valence-electron chi connectivity index (χ1n) is 25.0. The Balaban J connectivity index is 2.17. The number of likely N-dealkylation sites (tertiary alicyclic amines) is 1. The summed E-state index contributed by atoms with van der Waals surface area (Å²) in [5, 5.41) is 38.5. The Hall–Kier alpha value is -6.59. The zero-order chi connectivity index (χ0) is 55.2. The molecule has 1 saturated heterocycles. The number of rotatable bonds is 37. The number of guanidine groups is 1. The van der Waals surface area contributed by atoms with Gasteiger partial charge in [-0.1, -0.05) is 12.5 Å². The minimum absolute atomic E-state index is 0.0335. The van der Waals surface area contributed by atoms with Crippen LogP contribution in [0.4, 0.5) is 0 Å². The molecule has 1 aromatic heterocycles. The first kappa shape index (κ1) is 63.5. The Morgan fingerprint density at radius 1 is 0.851 bits per heavy atom. The van der Waals surface area contributed by atoms with Crippen LogP contribution in [-0.4, -0.2) is 185 Å². The van der Waals surface area contributed by atoms with Gasteiger partial charge in [-0.2, -0.15) is 0 Å². The SMILES string of the molecule is CNCCCC[C@H](N)C(=O)N[C@H](C(=O)N[C@@H](C)C(=O)NCC(=O)N[C@H](CCCN)C(=O)N1CCC[C@H]1C(=O)N[C@@H](Cc1cnc[nH]1)C(=O)N[C@@H](CCCCN)C(=O)CC/C(=C\CCN=C(N)N)C(=O)O)[C@@H](O)CN. The molecule has 2 rings (SSSR count). The van der Waals surface area contributed by atoms with E-state index in [1.54, 1.807) is 7.05 Å². The van der Waals surface area contributed by atoms with Crippen molar-refractivity contribution in [3.05, 3.63) is 29.9 Å². The van der Waals surface area contributed by atoms with E-state index in [9.17, 15) is 53.4 Å². The Kier molecular flexibility index (Phi) is 29.8. The van der Waals surface area contributed by atoms with Gasteiger partial charge in [0.05, 0.1) is 31.1 Å². The molecule has 22 N–H and O–H groups in total. The molecule has 74 heavy (non-hydrogen) atoms. The van der Waals surface area contributed by atoms with Crippen molar-refractivity contribution in [2.75, 3.05) is 52.9 Å². The highest BCUT2D eigenvalue weighted by Gasteiger charge is 2.39. The Morgan fingerprint density at radius 3 is 2.19 bits per heavy atom. The molecule has 1 aliphatic heterocycles. The fourth-order valence-corrected chi connectivity index (χ4v) is 7.88. The van der Waals surface area contributed by atoms with Gasteiger partial charge in [-0.25, -0.2) is 9.78 Å². The highest BCUT2D eigenvalue weighted by atomic mass is 16.4. The minimum Gasteiger partial charge on any atom is -0.478 e. The van der Waals surface area contributed by atoms with E-state index in [1.165, 1.54) is 30.4 Å². The number of carbonyl (C=O) groups is 9. The smallest absolute Gasteiger partial charge is 0.331 e. The number of aliphatic carboxylic acids is 1. The largest absolute Gasteiger partial charge is 0.478 e. The van der Waals surface area contributed by atoms with Crippen LogP contribution in [0.1, 0.15) is 96.1 Å². The lowest BCUT2D eigenvalue weighted by Gasteiger charge is -2.30. The number of aliphatic hydroxyl groups excluding tert-OH is 1. The molecule has 416 valence electrons. The molecule has 0 radical (unpaired) electrons. The Bertz CT molecular complexity index is 2040. The van der Waals surface area contributed by atoms with Crippen molar-refractivity contribution in [3.63, 3.8) is 0 Å². The number of aromatic nitrogens is 2. The number of hydrogen-bond donors (Lipinski definition) is 16. The first-order valence-corrected chi connectivity index (χ1v) is 25.0. The maximum Gasteiger partial charge on any atom is 0.331 e. The van der Waals surface area contributed by atoms with Gasteiger partial charge in [0.1, 0.15) is 30.2 Å².